The standard InChI is InChI=1S/C14H17NO2/c1-2-3-8-15-14(16)9-11-10-17-13-7-5-4-6-12(11)13/h4-7,10H,2-3,8-9H2,1H3,(H,15,16). The molecule has 3 nitrogen and oxygen atoms in total. The molecular weight excluding hydrogens is 214 g/mol. The molecule has 0 atom stereocenters. The maximum absolute atomic E-state index is 11.7. The van der Waals surface area contributed by atoms with Crippen LogP contribution in [0.25, 0.3) is 11.0 Å². The summed E-state index contributed by atoms with van der Waals surface area (Å²) in [5.74, 6) is 0.0602. The minimum Gasteiger partial charge on any atom is -0.464 e. The van der Waals surface area contributed by atoms with E-state index in [4.69, 9.17) is 4.42 Å². The molecule has 0 spiro atoms. The molecule has 0 aliphatic rings. The van der Waals surface area contributed by atoms with Crippen LogP contribution in [0.4, 0.5) is 0 Å². The zero-order valence-electron chi connectivity index (χ0n) is 10.0. The lowest BCUT2D eigenvalue weighted by molar-refractivity contribution is -0.120. The van der Waals surface area contributed by atoms with Crippen molar-refractivity contribution in [3.8, 4) is 0 Å². The Morgan fingerprint density at radius 1 is 1.35 bits per heavy atom. The second-order valence-electron chi connectivity index (χ2n) is 4.14. The minimum absolute atomic E-state index is 0.0602. The molecule has 1 N–H and O–H groups in total. The summed E-state index contributed by atoms with van der Waals surface area (Å²) in [5, 5.41) is 3.93. The number of amides is 1. The van der Waals surface area contributed by atoms with E-state index in [1.54, 1.807) is 6.26 Å². The third-order valence-electron chi connectivity index (χ3n) is 2.76. The molecule has 1 aromatic heterocycles. The van der Waals surface area contributed by atoms with E-state index >= 15 is 0 Å². The Bertz CT molecular complexity index is 502. The lowest BCUT2D eigenvalue weighted by atomic mass is 10.1. The van der Waals surface area contributed by atoms with Crippen LogP contribution in [-0.4, -0.2) is 12.5 Å². The molecule has 1 aromatic carbocycles. The summed E-state index contributed by atoms with van der Waals surface area (Å²) in [4.78, 5) is 11.7. The van der Waals surface area contributed by atoms with Gasteiger partial charge in [0.15, 0.2) is 0 Å². The topological polar surface area (TPSA) is 42.2 Å². The highest BCUT2D eigenvalue weighted by molar-refractivity contribution is 5.87. The Morgan fingerprint density at radius 2 is 2.18 bits per heavy atom. The van der Waals surface area contributed by atoms with Gasteiger partial charge in [-0.05, 0) is 12.5 Å². The van der Waals surface area contributed by atoms with Gasteiger partial charge in [-0.2, -0.15) is 0 Å². The van der Waals surface area contributed by atoms with Gasteiger partial charge in [0.25, 0.3) is 0 Å². The van der Waals surface area contributed by atoms with Crippen molar-refractivity contribution in [2.45, 2.75) is 26.2 Å². The second-order valence-corrected chi connectivity index (χ2v) is 4.14. The van der Waals surface area contributed by atoms with E-state index in [9.17, 15) is 4.79 Å². The number of carbonyl (C=O) groups excluding carboxylic acids is 1. The maximum atomic E-state index is 11.7. The van der Waals surface area contributed by atoms with Gasteiger partial charge in [0.1, 0.15) is 5.58 Å². The lowest BCUT2D eigenvalue weighted by Crippen LogP contribution is -2.25. The molecule has 17 heavy (non-hydrogen) atoms. The summed E-state index contributed by atoms with van der Waals surface area (Å²) < 4.78 is 5.40. The van der Waals surface area contributed by atoms with Crippen molar-refractivity contribution >= 4 is 16.9 Å². The minimum atomic E-state index is 0.0602. The fourth-order valence-corrected chi connectivity index (χ4v) is 1.81. The molecule has 3 heteroatoms. The highest BCUT2D eigenvalue weighted by Crippen LogP contribution is 2.20. The first-order chi connectivity index (χ1) is 8.31. The Balaban J connectivity index is 2.01. The number of carbonyl (C=O) groups is 1. The predicted octanol–water partition coefficient (Wildman–Crippen LogP) is 2.89. The van der Waals surface area contributed by atoms with Gasteiger partial charge in [0.05, 0.1) is 12.7 Å². The van der Waals surface area contributed by atoms with Crippen molar-refractivity contribution in [2.75, 3.05) is 6.54 Å². The monoisotopic (exact) mass is 231 g/mol. The largest absolute Gasteiger partial charge is 0.464 e. The van der Waals surface area contributed by atoms with Gasteiger partial charge in [-0.25, -0.2) is 0 Å². The van der Waals surface area contributed by atoms with E-state index in [0.29, 0.717) is 6.42 Å². The van der Waals surface area contributed by atoms with Gasteiger partial charge in [-0.15, -0.1) is 0 Å². The van der Waals surface area contributed by atoms with Crippen molar-refractivity contribution in [1.29, 1.82) is 0 Å². The third kappa shape index (κ3) is 2.87. The lowest BCUT2D eigenvalue weighted by Gasteiger charge is -2.02. The SMILES string of the molecule is CCCCNC(=O)Cc1coc2ccccc12. The Kier molecular flexibility index (Phi) is 3.81. The number of unbranched alkanes of at least 4 members (excludes halogenated alkanes) is 1. The van der Waals surface area contributed by atoms with Gasteiger partial charge in [0, 0.05) is 17.5 Å². The number of para-hydroxylation sites is 1. The summed E-state index contributed by atoms with van der Waals surface area (Å²) in [6, 6.07) is 7.77. The number of hydrogen-bond acceptors (Lipinski definition) is 2. The number of hydrogen-bond donors (Lipinski definition) is 1. The molecule has 0 unspecified atom stereocenters. The van der Waals surface area contributed by atoms with E-state index in [1.807, 2.05) is 24.3 Å². The average Bonchev–Trinajstić information content (AvgIpc) is 2.73. The fourth-order valence-electron chi connectivity index (χ4n) is 1.81. The zero-order valence-corrected chi connectivity index (χ0v) is 10.0. The number of furan rings is 1. The van der Waals surface area contributed by atoms with Crippen LogP contribution >= 0.6 is 0 Å². The number of rotatable bonds is 5. The molecular formula is C14H17NO2. The van der Waals surface area contributed by atoms with Crippen LogP contribution in [0.5, 0.6) is 0 Å². The van der Waals surface area contributed by atoms with Crippen LogP contribution < -0.4 is 5.32 Å². The molecule has 0 saturated carbocycles. The molecule has 2 rings (SSSR count). The molecule has 1 amide bonds. The van der Waals surface area contributed by atoms with E-state index < -0.39 is 0 Å². The molecule has 0 aliphatic carbocycles. The van der Waals surface area contributed by atoms with Crippen LogP contribution in [0, 0.1) is 0 Å². The molecule has 0 saturated heterocycles. The van der Waals surface area contributed by atoms with E-state index in [1.165, 1.54) is 0 Å². The summed E-state index contributed by atoms with van der Waals surface area (Å²) in [5.41, 5.74) is 1.79. The van der Waals surface area contributed by atoms with Crippen molar-refractivity contribution < 1.29 is 9.21 Å². The number of fused-ring (bicyclic) bond motifs is 1. The first-order valence-electron chi connectivity index (χ1n) is 6.03. The quantitative estimate of drug-likeness (QED) is 0.804. The Hall–Kier alpha value is -1.77. The Morgan fingerprint density at radius 3 is 3.00 bits per heavy atom. The fraction of sp³-hybridized carbons (Fsp3) is 0.357. The molecule has 0 bridgehead atoms. The Labute approximate surface area is 101 Å². The van der Waals surface area contributed by atoms with Crippen molar-refractivity contribution in [3.63, 3.8) is 0 Å². The summed E-state index contributed by atoms with van der Waals surface area (Å²) in [6.07, 6.45) is 4.18. The van der Waals surface area contributed by atoms with Gasteiger partial charge in [-0.3, -0.25) is 4.79 Å². The van der Waals surface area contributed by atoms with Gasteiger partial charge in [0.2, 0.25) is 5.91 Å². The van der Waals surface area contributed by atoms with Crippen molar-refractivity contribution in [2.24, 2.45) is 0 Å². The molecule has 2 aromatic rings. The van der Waals surface area contributed by atoms with Crippen LogP contribution in [-0.2, 0) is 11.2 Å². The number of benzene rings is 1. The second kappa shape index (κ2) is 5.53. The molecule has 1 heterocycles. The maximum Gasteiger partial charge on any atom is 0.224 e. The van der Waals surface area contributed by atoms with E-state index in [0.717, 1.165) is 35.9 Å². The van der Waals surface area contributed by atoms with Gasteiger partial charge >= 0.3 is 0 Å². The van der Waals surface area contributed by atoms with Crippen molar-refractivity contribution in [1.82, 2.24) is 5.32 Å². The predicted molar refractivity (Wildman–Crippen MR) is 67.8 cm³/mol. The van der Waals surface area contributed by atoms with Crippen LogP contribution in [0.15, 0.2) is 34.9 Å². The third-order valence-corrected chi connectivity index (χ3v) is 2.76. The van der Waals surface area contributed by atoms with E-state index in [-0.39, 0.29) is 5.91 Å². The normalized spacial score (nSPS) is 10.6. The molecule has 0 aliphatic heterocycles. The highest BCUT2D eigenvalue weighted by atomic mass is 16.3. The zero-order chi connectivity index (χ0) is 12.1. The molecule has 90 valence electrons. The van der Waals surface area contributed by atoms with Gasteiger partial charge in [-0.1, -0.05) is 31.5 Å². The smallest absolute Gasteiger partial charge is 0.224 e. The van der Waals surface area contributed by atoms with E-state index in [2.05, 4.69) is 12.2 Å². The van der Waals surface area contributed by atoms with Crippen LogP contribution in [0.1, 0.15) is 25.3 Å². The molecule has 0 radical (unpaired) electrons. The van der Waals surface area contributed by atoms with Gasteiger partial charge < -0.3 is 9.73 Å². The van der Waals surface area contributed by atoms with Crippen LogP contribution in [0.2, 0.25) is 0 Å². The van der Waals surface area contributed by atoms with Crippen molar-refractivity contribution in [3.05, 3.63) is 36.1 Å². The van der Waals surface area contributed by atoms with Crippen LogP contribution in [0.3, 0.4) is 0 Å². The first-order valence-corrected chi connectivity index (χ1v) is 6.03. The average molecular weight is 231 g/mol. The summed E-state index contributed by atoms with van der Waals surface area (Å²) in [7, 11) is 0. The highest BCUT2D eigenvalue weighted by Gasteiger charge is 2.09. The first kappa shape index (κ1) is 11.7. The summed E-state index contributed by atoms with van der Waals surface area (Å²) in [6.45, 7) is 2.86. The summed E-state index contributed by atoms with van der Waals surface area (Å²) >= 11 is 0. The molecule has 0 fully saturated rings. The number of nitrogens with one attached hydrogen (secondary N) is 1.